The Labute approximate surface area is 137 Å². The van der Waals surface area contributed by atoms with Crippen LogP contribution in [0.25, 0.3) is 10.4 Å². The Hall–Kier alpha value is -1.82. The van der Waals surface area contributed by atoms with Crippen LogP contribution in [-0.2, 0) is 6.18 Å². The van der Waals surface area contributed by atoms with Crippen molar-refractivity contribution in [2.45, 2.75) is 20.0 Å². The van der Waals surface area contributed by atoms with Crippen LogP contribution in [0.15, 0.2) is 36.4 Å². The third-order valence-electron chi connectivity index (χ3n) is 3.28. The van der Waals surface area contributed by atoms with Gasteiger partial charge in [0.2, 0.25) is 0 Å². The molecule has 0 atom stereocenters. The minimum Gasteiger partial charge on any atom is -0.341 e. The van der Waals surface area contributed by atoms with E-state index in [1.807, 2.05) is 13.8 Å². The van der Waals surface area contributed by atoms with Gasteiger partial charge in [0.25, 0.3) is 5.91 Å². The van der Waals surface area contributed by atoms with Crippen LogP contribution in [0.4, 0.5) is 13.2 Å². The van der Waals surface area contributed by atoms with Crippen molar-refractivity contribution in [2.75, 3.05) is 13.6 Å². The first-order valence-corrected chi connectivity index (χ1v) is 8.03. The number of nitrogens with zero attached hydrogens (tertiary/aromatic N) is 1. The Balaban J connectivity index is 2.24. The standard InChI is InChI=1S/C17H18F3NOS/c1-11(2)10-21(3)16(22)15-8-7-14(23-15)12-5-4-6-13(9-12)17(18,19)20/h4-9,11H,10H2,1-3H3. The van der Waals surface area contributed by atoms with Crippen molar-refractivity contribution in [1.29, 1.82) is 0 Å². The number of carbonyl (C=O) groups excluding carboxylic acids is 1. The van der Waals surface area contributed by atoms with Crippen molar-refractivity contribution < 1.29 is 18.0 Å². The molecule has 0 aliphatic rings. The van der Waals surface area contributed by atoms with Crippen molar-refractivity contribution in [3.05, 3.63) is 46.8 Å². The molecule has 0 radical (unpaired) electrons. The number of halogens is 3. The summed E-state index contributed by atoms with van der Waals surface area (Å²) >= 11 is 1.21. The average Bonchev–Trinajstić information content (AvgIpc) is 2.94. The van der Waals surface area contributed by atoms with Crippen LogP contribution >= 0.6 is 11.3 Å². The largest absolute Gasteiger partial charge is 0.416 e. The summed E-state index contributed by atoms with van der Waals surface area (Å²) < 4.78 is 38.4. The van der Waals surface area contributed by atoms with Crippen molar-refractivity contribution in [3.63, 3.8) is 0 Å². The molecular formula is C17H18F3NOS. The van der Waals surface area contributed by atoms with Gasteiger partial charge in [0.15, 0.2) is 0 Å². The molecule has 2 rings (SSSR count). The number of alkyl halides is 3. The summed E-state index contributed by atoms with van der Waals surface area (Å²) in [5.41, 5.74) is -0.219. The van der Waals surface area contributed by atoms with E-state index in [0.29, 0.717) is 27.8 Å². The third kappa shape index (κ3) is 4.34. The predicted octanol–water partition coefficient (Wildman–Crippen LogP) is 5.16. The SMILES string of the molecule is CC(C)CN(C)C(=O)c1ccc(-c2cccc(C(F)(F)F)c2)s1. The molecule has 0 unspecified atom stereocenters. The van der Waals surface area contributed by atoms with Crippen LogP contribution in [0, 0.1) is 5.92 Å². The van der Waals surface area contributed by atoms with Gasteiger partial charge in [0.1, 0.15) is 0 Å². The van der Waals surface area contributed by atoms with Gasteiger partial charge >= 0.3 is 6.18 Å². The highest BCUT2D eigenvalue weighted by molar-refractivity contribution is 7.17. The van der Waals surface area contributed by atoms with E-state index >= 15 is 0 Å². The maximum Gasteiger partial charge on any atom is 0.416 e. The average molecular weight is 341 g/mol. The van der Waals surface area contributed by atoms with Crippen molar-refractivity contribution >= 4 is 17.2 Å². The lowest BCUT2D eigenvalue weighted by Gasteiger charge is -2.18. The third-order valence-corrected chi connectivity index (χ3v) is 4.40. The first-order valence-electron chi connectivity index (χ1n) is 7.21. The van der Waals surface area contributed by atoms with Gasteiger partial charge in [-0.1, -0.05) is 26.0 Å². The number of carbonyl (C=O) groups is 1. The number of thiophene rings is 1. The summed E-state index contributed by atoms with van der Waals surface area (Å²) in [5.74, 6) is 0.244. The first-order chi connectivity index (χ1) is 10.7. The van der Waals surface area contributed by atoms with E-state index in [1.54, 1.807) is 30.1 Å². The number of benzene rings is 1. The van der Waals surface area contributed by atoms with Gasteiger partial charge in [-0.15, -0.1) is 11.3 Å². The molecule has 1 aromatic heterocycles. The minimum atomic E-state index is -4.37. The maximum atomic E-state index is 12.8. The molecule has 0 fully saturated rings. The molecule has 1 heterocycles. The van der Waals surface area contributed by atoms with Crippen LogP contribution in [0.5, 0.6) is 0 Å². The Kier molecular flexibility index (Phi) is 5.14. The summed E-state index contributed by atoms with van der Waals surface area (Å²) in [5, 5.41) is 0. The van der Waals surface area contributed by atoms with Crippen LogP contribution in [0.3, 0.4) is 0 Å². The normalized spacial score (nSPS) is 11.8. The van der Waals surface area contributed by atoms with Crippen LogP contribution in [-0.4, -0.2) is 24.4 Å². The molecule has 0 spiro atoms. The minimum absolute atomic E-state index is 0.109. The van der Waals surface area contributed by atoms with Crippen molar-refractivity contribution in [2.24, 2.45) is 5.92 Å². The second-order valence-electron chi connectivity index (χ2n) is 5.82. The summed E-state index contributed by atoms with van der Waals surface area (Å²) in [7, 11) is 1.73. The fourth-order valence-electron chi connectivity index (χ4n) is 2.28. The van der Waals surface area contributed by atoms with Gasteiger partial charge in [-0.05, 0) is 35.7 Å². The predicted molar refractivity (Wildman–Crippen MR) is 86.6 cm³/mol. The molecule has 1 aromatic carbocycles. The molecular weight excluding hydrogens is 323 g/mol. The molecule has 6 heteroatoms. The highest BCUT2D eigenvalue weighted by Crippen LogP contribution is 2.34. The molecule has 0 bridgehead atoms. The van der Waals surface area contributed by atoms with Gasteiger partial charge in [0.05, 0.1) is 10.4 Å². The Morgan fingerprint density at radius 1 is 1.22 bits per heavy atom. The van der Waals surface area contributed by atoms with Crippen LogP contribution in [0.1, 0.15) is 29.1 Å². The van der Waals surface area contributed by atoms with Gasteiger partial charge in [0, 0.05) is 18.5 Å². The van der Waals surface area contributed by atoms with E-state index in [9.17, 15) is 18.0 Å². The summed E-state index contributed by atoms with van der Waals surface area (Å²) in [6.07, 6.45) is -4.37. The zero-order chi connectivity index (χ0) is 17.2. The zero-order valence-corrected chi connectivity index (χ0v) is 14.0. The van der Waals surface area contributed by atoms with Crippen LogP contribution < -0.4 is 0 Å². The smallest absolute Gasteiger partial charge is 0.341 e. The van der Waals surface area contributed by atoms with Gasteiger partial charge in [-0.25, -0.2) is 0 Å². The highest BCUT2D eigenvalue weighted by atomic mass is 32.1. The van der Waals surface area contributed by atoms with Crippen molar-refractivity contribution in [3.8, 4) is 10.4 Å². The van der Waals surface area contributed by atoms with Gasteiger partial charge < -0.3 is 4.90 Å². The lowest BCUT2D eigenvalue weighted by atomic mass is 10.1. The Bertz CT molecular complexity index is 691. The van der Waals surface area contributed by atoms with E-state index in [2.05, 4.69) is 0 Å². The van der Waals surface area contributed by atoms with E-state index in [-0.39, 0.29) is 5.91 Å². The molecule has 0 saturated carbocycles. The fraction of sp³-hybridized carbons (Fsp3) is 0.353. The Morgan fingerprint density at radius 3 is 2.52 bits per heavy atom. The molecule has 1 amide bonds. The second-order valence-corrected chi connectivity index (χ2v) is 6.91. The quantitative estimate of drug-likeness (QED) is 0.752. The topological polar surface area (TPSA) is 20.3 Å². The van der Waals surface area contributed by atoms with E-state index in [0.717, 1.165) is 12.1 Å². The molecule has 0 saturated heterocycles. The molecule has 124 valence electrons. The highest BCUT2D eigenvalue weighted by Gasteiger charge is 2.30. The second kappa shape index (κ2) is 6.74. The molecule has 23 heavy (non-hydrogen) atoms. The Morgan fingerprint density at radius 2 is 1.91 bits per heavy atom. The van der Waals surface area contributed by atoms with E-state index in [4.69, 9.17) is 0 Å². The van der Waals surface area contributed by atoms with E-state index < -0.39 is 11.7 Å². The summed E-state index contributed by atoms with van der Waals surface area (Å²) in [4.78, 5) is 15.1. The number of hydrogen-bond acceptors (Lipinski definition) is 2. The summed E-state index contributed by atoms with van der Waals surface area (Å²) in [6.45, 7) is 4.67. The molecule has 2 nitrogen and oxygen atoms in total. The number of amides is 1. The molecule has 0 N–H and O–H groups in total. The molecule has 0 aliphatic heterocycles. The lowest BCUT2D eigenvalue weighted by Crippen LogP contribution is -2.29. The monoisotopic (exact) mass is 341 g/mol. The molecule has 0 aliphatic carbocycles. The van der Waals surface area contributed by atoms with Crippen molar-refractivity contribution in [1.82, 2.24) is 4.90 Å². The maximum absolute atomic E-state index is 12.8. The zero-order valence-electron chi connectivity index (χ0n) is 13.1. The number of hydrogen-bond donors (Lipinski definition) is 0. The van der Waals surface area contributed by atoms with E-state index in [1.165, 1.54) is 17.4 Å². The molecule has 2 aromatic rings. The van der Waals surface area contributed by atoms with Crippen LogP contribution in [0.2, 0.25) is 0 Å². The number of rotatable bonds is 4. The van der Waals surface area contributed by atoms with Gasteiger partial charge in [-0.2, -0.15) is 13.2 Å². The fourth-order valence-corrected chi connectivity index (χ4v) is 3.27. The summed E-state index contributed by atoms with van der Waals surface area (Å²) in [6, 6.07) is 8.50. The first kappa shape index (κ1) is 17.5. The lowest BCUT2D eigenvalue weighted by molar-refractivity contribution is -0.137. The van der Waals surface area contributed by atoms with Gasteiger partial charge in [-0.3, -0.25) is 4.79 Å².